The highest BCUT2D eigenvalue weighted by atomic mass is 15.1. The minimum Gasteiger partial charge on any atom is -0.385 e. The topological polar surface area (TPSA) is 15.3 Å². The van der Waals surface area contributed by atoms with Gasteiger partial charge in [-0.2, -0.15) is 0 Å². The molecule has 2 nitrogen and oxygen atoms in total. The summed E-state index contributed by atoms with van der Waals surface area (Å²) < 4.78 is 0. The third-order valence-electron chi connectivity index (χ3n) is 5.74. The molecule has 1 rings (SSSR count). The number of benzene rings is 1. The third kappa shape index (κ3) is 13.9. The first-order chi connectivity index (χ1) is 13.7. The molecule has 1 aromatic rings. The molecule has 0 aliphatic rings. The van der Waals surface area contributed by atoms with Gasteiger partial charge in [0.15, 0.2) is 0 Å². The van der Waals surface area contributed by atoms with E-state index in [1.165, 1.54) is 114 Å². The minimum atomic E-state index is 1.10. The minimum absolute atomic E-state index is 1.10. The van der Waals surface area contributed by atoms with Crippen molar-refractivity contribution in [2.24, 2.45) is 0 Å². The monoisotopic (exact) mass is 388 g/mol. The van der Waals surface area contributed by atoms with E-state index in [4.69, 9.17) is 0 Å². The molecule has 0 amide bonds. The number of hydrogen-bond donors (Lipinski definition) is 1. The maximum atomic E-state index is 3.54. The zero-order valence-corrected chi connectivity index (χ0v) is 19.3. The molecule has 0 aliphatic carbocycles. The van der Waals surface area contributed by atoms with Gasteiger partial charge in [0.1, 0.15) is 0 Å². The molecule has 0 spiro atoms. The zero-order chi connectivity index (χ0) is 20.3. The Bertz CT molecular complexity index is 438. The van der Waals surface area contributed by atoms with Crippen LogP contribution in [-0.4, -0.2) is 20.6 Å². The van der Waals surface area contributed by atoms with E-state index in [1.807, 2.05) is 0 Å². The molecule has 0 unspecified atom stereocenters. The Kier molecular flexibility index (Phi) is 15.9. The van der Waals surface area contributed by atoms with Crippen LogP contribution in [-0.2, 0) is 0 Å². The summed E-state index contributed by atoms with van der Waals surface area (Å²) in [6.45, 7) is 3.39. The lowest BCUT2D eigenvalue weighted by Crippen LogP contribution is -2.08. The van der Waals surface area contributed by atoms with E-state index in [9.17, 15) is 0 Å². The summed E-state index contributed by atoms with van der Waals surface area (Å²) in [5, 5.41) is 3.54. The van der Waals surface area contributed by atoms with Gasteiger partial charge >= 0.3 is 0 Å². The van der Waals surface area contributed by atoms with Gasteiger partial charge in [0, 0.05) is 32.0 Å². The molecule has 162 valence electrons. The largest absolute Gasteiger partial charge is 0.385 e. The molecule has 0 fully saturated rings. The number of rotatable bonds is 19. The standard InChI is InChI=1S/C26H48N2/c1-4-5-6-7-8-9-10-11-12-13-14-15-16-17-18-19-24-27-25-20-22-26(23-21-25)28(2)3/h20-23,27H,4-19,24H2,1-3H3. The van der Waals surface area contributed by atoms with Gasteiger partial charge in [-0.3, -0.25) is 0 Å². The summed E-state index contributed by atoms with van der Waals surface area (Å²) in [5.41, 5.74) is 2.50. The van der Waals surface area contributed by atoms with Crippen molar-refractivity contribution in [3.8, 4) is 0 Å². The molecular weight excluding hydrogens is 340 g/mol. The molecular formula is C26H48N2. The molecule has 0 saturated heterocycles. The van der Waals surface area contributed by atoms with Crippen LogP contribution in [0.25, 0.3) is 0 Å². The molecule has 0 aromatic heterocycles. The summed E-state index contributed by atoms with van der Waals surface area (Å²) in [7, 11) is 4.16. The van der Waals surface area contributed by atoms with Crippen molar-refractivity contribution < 1.29 is 0 Å². The van der Waals surface area contributed by atoms with Gasteiger partial charge in [-0.25, -0.2) is 0 Å². The average Bonchev–Trinajstić information content (AvgIpc) is 2.70. The summed E-state index contributed by atoms with van der Waals surface area (Å²) in [5.74, 6) is 0. The van der Waals surface area contributed by atoms with Crippen molar-refractivity contribution >= 4 is 11.4 Å². The van der Waals surface area contributed by atoms with E-state index in [0.717, 1.165) is 6.54 Å². The Labute approximate surface area is 176 Å². The van der Waals surface area contributed by atoms with Crippen molar-refractivity contribution in [3.05, 3.63) is 24.3 Å². The Morgan fingerprint density at radius 2 is 0.964 bits per heavy atom. The second kappa shape index (κ2) is 17.9. The van der Waals surface area contributed by atoms with Gasteiger partial charge in [-0.05, 0) is 30.7 Å². The lowest BCUT2D eigenvalue weighted by Gasteiger charge is -2.13. The fourth-order valence-corrected chi connectivity index (χ4v) is 3.78. The first kappa shape index (κ1) is 24.9. The molecule has 0 heterocycles. The van der Waals surface area contributed by atoms with Crippen LogP contribution in [0.3, 0.4) is 0 Å². The first-order valence-corrected chi connectivity index (χ1v) is 12.3. The van der Waals surface area contributed by atoms with Crippen LogP contribution in [0.15, 0.2) is 24.3 Å². The second-order valence-electron chi connectivity index (χ2n) is 8.67. The van der Waals surface area contributed by atoms with Crippen molar-refractivity contribution in [1.82, 2.24) is 0 Å². The predicted octanol–water partition coefficient (Wildman–Crippen LogP) is 8.43. The number of unbranched alkanes of at least 4 members (excludes halogenated alkanes) is 15. The molecule has 0 atom stereocenters. The van der Waals surface area contributed by atoms with Crippen LogP contribution in [0.1, 0.15) is 110 Å². The molecule has 0 aliphatic heterocycles. The molecule has 0 saturated carbocycles. The smallest absolute Gasteiger partial charge is 0.0362 e. The van der Waals surface area contributed by atoms with E-state index < -0.39 is 0 Å². The molecule has 0 bridgehead atoms. The SMILES string of the molecule is CCCCCCCCCCCCCCCCCCNc1ccc(N(C)C)cc1. The Morgan fingerprint density at radius 3 is 1.36 bits per heavy atom. The molecule has 2 heteroatoms. The second-order valence-corrected chi connectivity index (χ2v) is 8.67. The summed E-state index contributed by atoms with van der Waals surface area (Å²) in [4.78, 5) is 2.14. The molecule has 1 aromatic carbocycles. The van der Waals surface area contributed by atoms with Crippen molar-refractivity contribution in [1.29, 1.82) is 0 Å². The van der Waals surface area contributed by atoms with Crippen LogP contribution in [0.2, 0.25) is 0 Å². The number of hydrogen-bond acceptors (Lipinski definition) is 2. The lowest BCUT2D eigenvalue weighted by atomic mass is 10.0. The fraction of sp³-hybridized carbons (Fsp3) is 0.769. The van der Waals surface area contributed by atoms with Crippen LogP contribution < -0.4 is 10.2 Å². The maximum absolute atomic E-state index is 3.54. The predicted molar refractivity (Wildman–Crippen MR) is 129 cm³/mol. The van der Waals surface area contributed by atoms with E-state index >= 15 is 0 Å². The normalized spacial score (nSPS) is 11.0. The van der Waals surface area contributed by atoms with E-state index in [2.05, 4.69) is 55.5 Å². The summed E-state index contributed by atoms with van der Waals surface area (Å²) in [6.07, 6.45) is 22.9. The highest BCUT2D eigenvalue weighted by molar-refractivity contribution is 5.54. The third-order valence-corrected chi connectivity index (χ3v) is 5.74. The Balaban J connectivity index is 1.78. The molecule has 1 N–H and O–H groups in total. The van der Waals surface area contributed by atoms with Gasteiger partial charge in [0.05, 0.1) is 0 Å². The summed E-state index contributed by atoms with van der Waals surface area (Å²) in [6, 6.07) is 8.72. The van der Waals surface area contributed by atoms with E-state index in [-0.39, 0.29) is 0 Å². The molecule has 28 heavy (non-hydrogen) atoms. The van der Waals surface area contributed by atoms with Crippen LogP contribution in [0, 0.1) is 0 Å². The van der Waals surface area contributed by atoms with Gasteiger partial charge < -0.3 is 10.2 Å². The Morgan fingerprint density at radius 1 is 0.571 bits per heavy atom. The van der Waals surface area contributed by atoms with Crippen LogP contribution >= 0.6 is 0 Å². The Hall–Kier alpha value is -1.18. The van der Waals surface area contributed by atoms with Crippen LogP contribution in [0.4, 0.5) is 11.4 Å². The van der Waals surface area contributed by atoms with Crippen molar-refractivity contribution in [2.75, 3.05) is 30.9 Å². The number of nitrogens with zero attached hydrogens (tertiary/aromatic N) is 1. The van der Waals surface area contributed by atoms with Crippen LogP contribution in [0.5, 0.6) is 0 Å². The lowest BCUT2D eigenvalue weighted by molar-refractivity contribution is 0.530. The highest BCUT2D eigenvalue weighted by Gasteiger charge is 1.97. The van der Waals surface area contributed by atoms with Gasteiger partial charge in [-0.15, -0.1) is 0 Å². The highest BCUT2D eigenvalue weighted by Crippen LogP contribution is 2.16. The molecule has 0 radical (unpaired) electrons. The maximum Gasteiger partial charge on any atom is 0.0362 e. The van der Waals surface area contributed by atoms with Crippen molar-refractivity contribution in [2.45, 2.75) is 110 Å². The zero-order valence-electron chi connectivity index (χ0n) is 19.3. The average molecular weight is 389 g/mol. The van der Waals surface area contributed by atoms with Gasteiger partial charge in [0.2, 0.25) is 0 Å². The van der Waals surface area contributed by atoms with E-state index in [1.54, 1.807) is 0 Å². The van der Waals surface area contributed by atoms with Gasteiger partial charge in [0.25, 0.3) is 0 Å². The van der Waals surface area contributed by atoms with E-state index in [0.29, 0.717) is 0 Å². The first-order valence-electron chi connectivity index (χ1n) is 12.3. The number of nitrogens with one attached hydrogen (secondary N) is 1. The summed E-state index contributed by atoms with van der Waals surface area (Å²) >= 11 is 0. The fourth-order valence-electron chi connectivity index (χ4n) is 3.78. The van der Waals surface area contributed by atoms with Gasteiger partial charge in [-0.1, -0.05) is 103 Å². The van der Waals surface area contributed by atoms with Crippen molar-refractivity contribution in [3.63, 3.8) is 0 Å². The quantitative estimate of drug-likeness (QED) is 0.239. The number of anilines is 2.